The van der Waals surface area contributed by atoms with E-state index in [2.05, 4.69) is 5.32 Å². The lowest BCUT2D eigenvalue weighted by Crippen LogP contribution is -2.41. The molecule has 1 unspecified atom stereocenters. The van der Waals surface area contributed by atoms with Crippen molar-refractivity contribution < 1.29 is 23.6 Å². The molecule has 0 aromatic heterocycles. The number of rotatable bonds is 3. The van der Waals surface area contributed by atoms with Crippen LogP contribution in [0.2, 0.25) is 0 Å². The smallest absolute Gasteiger partial charge is 0.444 e. The van der Waals surface area contributed by atoms with Gasteiger partial charge in [0.25, 0.3) is 5.91 Å². The normalized spacial score (nSPS) is 22.5. The van der Waals surface area contributed by atoms with E-state index in [1.165, 1.54) is 0 Å². The van der Waals surface area contributed by atoms with Crippen LogP contribution in [0.4, 0.5) is 4.79 Å². The minimum Gasteiger partial charge on any atom is -0.444 e. The Morgan fingerprint density at radius 2 is 1.77 bits per heavy atom. The average molecular weight is 430 g/mol. The van der Waals surface area contributed by atoms with Gasteiger partial charge < -0.3 is 24.3 Å². The zero-order valence-electron chi connectivity index (χ0n) is 20.0. The summed E-state index contributed by atoms with van der Waals surface area (Å²) in [5.41, 5.74) is 1.03. The van der Waals surface area contributed by atoms with Crippen LogP contribution in [0.15, 0.2) is 18.2 Å². The molecule has 1 N–H and O–H groups in total. The van der Waals surface area contributed by atoms with Crippen molar-refractivity contribution in [3.63, 3.8) is 0 Å². The quantitative estimate of drug-likeness (QED) is 0.746. The maximum Gasteiger partial charge on any atom is 0.495 e. The van der Waals surface area contributed by atoms with E-state index in [0.717, 1.165) is 11.0 Å². The van der Waals surface area contributed by atoms with Crippen LogP contribution >= 0.6 is 0 Å². The third-order valence-electron chi connectivity index (χ3n) is 6.23. The van der Waals surface area contributed by atoms with E-state index >= 15 is 0 Å². The fraction of sp³-hybridized carbons (Fsp3) is 0.652. The number of likely N-dealkylation sites (tertiary alicyclic amines) is 1. The van der Waals surface area contributed by atoms with E-state index in [0.29, 0.717) is 25.1 Å². The number of hydrogen-bond acceptors (Lipinski definition) is 5. The van der Waals surface area contributed by atoms with Crippen molar-refractivity contribution in [2.24, 2.45) is 0 Å². The molecule has 8 heteroatoms. The monoisotopic (exact) mass is 430 g/mol. The van der Waals surface area contributed by atoms with Crippen LogP contribution in [-0.4, -0.2) is 60.0 Å². The highest BCUT2D eigenvalue weighted by Gasteiger charge is 2.52. The Hall–Kier alpha value is -2.06. The fourth-order valence-corrected chi connectivity index (χ4v) is 3.72. The molecule has 3 rings (SSSR count). The molecular formula is C23H35BN2O5. The Kier molecular flexibility index (Phi) is 6.19. The van der Waals surface area contributed by atoms with Gasteiger partial charge in [0.1, 0.15) is 5.60 Å². The summed E-state index contributed by atoms with van der Waals surface area (Å²) in [7, 11) is -0.516. The second-order valence-electron chi connectivity index (χ2n) is 10.5. The maximum atomic E-state index is 13.1. The van der Waals surface area contributed by atoms with Gasteiger partial charge in [-0.15, -0.1) is 0 Å². The molecule has 2 amide bonds. The van der Waals surface area contributed by atoms with Crippen LogP contribution in [0.1, 0.15) is 70.8 Å². The van der Waals surface area contributed by atoms with Crippen LogP contribution in [0.3, 0.4) is 0 Å². The summed E-state index contributed by atoms with van der Waals surface area (Å²) in [5.74, 6) is -0.0637. The van der Waals surface area contributed by atoms with Crippen LogP contribution in [0, 0.1) is 6.92 Å². The Morgan fingerprint density at radius 1 is 1.16 bits per heavy atom. The number of alkyl carbamates (subject to hydrolysis) is 1. The van der Waals surface area contributed by atoms with Gasteiger partial charge in [-0.3, -0.25) is 4.79 Å². The molecule has 2 aliphatic rings. The summed E-state index contributed by atoms with van der Waals surface area (Å²) in [5, 5.41) is 2.86. The first-order valence-corrected chi connectivity index (χ1v) is 10.9. The highest BCUT2D eigenvalue weighted by Crippen LogP contribution is 2.36. The minimum atomic E-state index is -0.552. The number of nitrogens with one attached hydrogen (secondary N) is 1. The zero-order valence-corrected chi connectivity index (χ0v) is 20.0. The molecule has 0 bridgehead atoms. The van der Waals surface area contributed by atoms with Gasteiger partial charge in [-0.05, 0) is 79.4 Å². The molecule has 1 aromatic rings. The van der Waals surface area contributed by atoms with E-state index in [1.807, 2.05) is 73.6 Å². The van der Waals surface area contributed by atoms with Crippen molar-refractivity contribution in [3.8, 4) is 0 Å². The first kappa shape index (κ1) is 23.6. The minimum absolute atomic E-state index is 0.0637. The lowest BCUT2D eigenvalue weighted by Gasteiger charge is -2.32. The van der Waals surface area contributed by atoms with Crippen LogP contribution in [-0.2, 0) is 14.0 Å². The number of carbonyl (C=O) groups is 2. The Labute approximate surface area is 185 Å². The molecule has 2 heterocycles. The van der Waals surface area contributed by atoms with Gasteiger partial charge in [0.15, 0.2) is 0 Å². The van der Waals surface area contributed by atoms with E-state index in [4.69, 9.17) is 14.0 Å². The summed E-state index contributed by atoms with van der Waals surface area (Å²) in [4.78, 5) is 26.9. The molecule has 2 fully saturated rings. The average Bonchev–Trinajstić information content (AvgIpc) is 3.14. The summed E-state index contributed by atoms with van der Waals surface area (Å²) >= 11 is 0. The van der Waals surface area contributed by atoms with Crippen LogP contribution < -0.4 is 10.8 Å². The molecule has 31 heavy (non-hydrogen) atoms. The molecule has 0 radical (unpaired) electrons. The summed E-state index contributed by atoms with van der Waals surface area (Å²) in [6, 6.07) is 5.52. The maximum absolute atomic E-state index is 13.1. The van der Waals surface area contributed by atoms with Gasteiger partial charge in [0, 0.05) is 18.7 Å². The third kappa shape index (κ3) is 5.23. The molecule has 0 spiro atoms. The summed E-state index contributed by atoms with van der Waals surface area (Å²) in [6.45, 7) is 16.6. The molecule has 7 nitrogen and oxygen atoms in total. The SMILES string of the molecule is Cc1ccc(C(=O)N2CCC(NC(=O)OC(C)(C)C)C2)cc1B1OC(C)(C)C(C)(C)O1. The van der Waals surface area contributed by atoms with Crippen molar-refractivity contribution in [3.05, 3.63) is 29.3 Å². The van der Waals surface area contributed by atoms with Gasteiger partial charge in [0.2, 0.25) is 0 Å². The molecule has 0 saturated carbocycles. The van der Waals surface area contributed by atoms with Crippen molar-refractivity contribution in [1.82, 2.24) is 10.2 Å². The van der Waals surface area contributed by atoms with Crippen molar-refractivity contribution >= 4 is 24.6 Å². The summed E-state index contributed by atoms with van der Waals surface area (Å²) < 4.78 is 17.7. The Balaban J connectivity index is 1.68. The van der Waals surface area contributed by atoms with Crippen molar-refractivity contribution in [2.45, 2.75) is 84.7 Å². The van der Waals surface area contributed by atoms with Gasteiger partial charge in [0.05, 0.1) is 17.2 Å². The first-order chi connectivity index (χ1) is 14.2. The van der Waals surface area contributed by atoms with Crippen LogP contribution in [0.25, 0.3) is 0 Å². The molecule has 2 aliphatic heterocycles. The standard InChI is InChI=1S/C23H35BN2O5/c1-15-9-10-16(13-18(15)24-30-22(5,6)23(7,8)31-24)19(27)26-12-11-17(14-26)25-20(28)29-21(2,3)4/h9-10,13,17H,11-12,14H2,1-8H3,(H,25,28). The number of nitrogens with zero attached hydrogens (tertiary/aromatic N) is 1. The first-order valence-electron chi connectivity index (χ1n) is 10.9. The van der Waals surface area contributed by atoms with E-state index in [9.17, 15) is 9.59 Å². The lowest BCUT2D eigenvalue weighted by molar-refractivity contribution is 0.00578. The molecule has 1 atom stereocenters. The second-order valence-corrected chi connectivity index (χ2v) is 10.5. The predicted molar refractivity (Wildman–Crippen MR) is 121 cm³/mol. The number of ether oxygens (including phenoxy) is 1. The second kappa shape index (κ2) is 8.13. The molecule has 0 aliphatic carbocycles. The third-order valence-corrected chi connectivity index (χ3v) is 6.23. The van der Waals surface area contributed by atoms with Crippen LogP contribution in [0.5, 0.6) is 0 Å². The Bertz CT molecular complexity index is 846. The van der Waals surface area contributed by atoms with Gasteiger partial charge in [-0.2, -0.15) is 0 Å². The number of carbonyl (C=O) groups excluding carboxylic acids is 2. The highest BCUT2D eigenvalue weighted by atomic mass is 16.7. The van der Waals surface area contributed by atoms with Crippen molar-refractivity contribution in [1.29, 1.82) is 0 Å². The molecule has 1 aromatic carbocycles. The topological polar surface area (TPSA) is 77.1 Å². The number of benzene rings is 1. The number of amides is 2. The fourth-order valence-electron chi connectivity index (χ4n) is 3.72. The molecule has 170 valence electrons. The summed E-state index contributed by atoms with van der Waals surface area (Å²) in [6.07, 6.45) is 0.242. The van der Waals surface area contributed by atoms with E-state index in [-0.39, 0.29) is 11.9 Å². The predicted octanol–water partition coefficient (Wildman–Crippen LogP) is 3.03. The zero-order chi connectivity index (χ0) is 23.2. The lowest BCUT2D eigenvalue weighted by atomic mass is 9.75. The number of aryl methyl sites for hydroxylation is 1. The largest absolute Gasteiger partial charge is 0.495 e. The molecule has 2 saturated heterocycles. The number of hydrogen-bond donors (Lipinski definition) is 1. The van der Waals surface area contributed by atoms with Crippen molar-refractivity contribution in [2.75, 3.05) is 13.1 Å². The highest BCUT2D eigenvalue weighted by molar-refractivity contribution is 6.62. The molecular weight excluding hydrogens is 395 g/mol. The van der Waals surface area contributed by atoms with E-state index in [1.54, 1.807) is 4.90 Å². The van der Waals surface area contributed by atoms with Gasteiger partial charge in [-0.1, -0.05) is 11.6 Å². The van der Waals surface area contributed by atoms with Gasteiger partial charge >= 0.3 is 13.2 Å². The Morgan fingerprint density at radius 3 is 2.35 bits per heavy atom. The van der Waals surface area contributed by atoms with Gasteiger partial charge in [-0.25, -0.2) is 4.79 Å². The van der Waals surface area contributed by atoms with E-state index < -0.39 is 30.0 Å².